The lowest BCUT2D eigenvalue weighted by molar-refractivity contribution is 0.929. The molecule has 0 radical (unpaired) electrons. The van der Waals surface area contributed by atoms with Gasteiger partial charge in [0.2, 0.25) is 5.28 Å². The summed E-state index contributed by atoms with van der Waals surface area (Å²) in [6, 6.07) is 6.56. The van der Waals surface area contributed by atoms with Gasteiger partial charge in [-0.15, -0.1) is 24.5 Å². The van der Waals surface area contributed by atoms with E-state index in [1.54, 1.807) is 11.3 Å². The van der Waals surface area contributed by atoms with Crippen LogP contribution in [-0.2, 0) is 0 Å². The van der Waals surface area contributed by atoms with E-state index in [2.05, 4.69) is 67.0 Å². The number of anilines is 1. The molecule has 3 nitrogen and oxygen atoms in total. The Bertz CT molecular complexity index is 981. The van der Waals surface area contributed by atoms with E-state index in [1.807, 2.05) is 12.2 Å². The molecule has 0 spiro atoms. The first-order valence-electron chi connectivity index (χ1n) is 8.47. The number of rotatable bonds is 6. The molecule has 3 aromatic rings. The van der Waals surface area contributed by atoms with E-state index in [4.69, 9.17) is 11.6 Å². The molecule has 134 valence electrons. The van der Waals surface area contributed by atoms with E-state index in [0.717, 1.165) is 16.0 Å². The molecular formula is C21H22ClN3S. The lowest BCUT2D eigenvalue weighted by Gasteiger charge is -2.22. The van der Waals surface area contributed by atoms with E-state index in [-0.39, 0.29) is 5.28 Å². The second-order valence-electron chi connectivity index (χ2n) is 6.31. The lowest BCUT2D eigenvalue weighted by Crippen LogP contribution is -2.24. The molecule has 0 amide bonds. The maximum Gasteiger partial charge on any atom is 0.225 e. The number of hydrogen-bond donors (Lipinski definition) is 0. The molecule has 2 aromatic heterocycles. The monoisotopic (exact) mass is 383 g/mol. The largest absolute Gasteiger partial charge is 0.348 e. The number of nitrogens with zero attached hydrogens (tertiary/aromatic N) is 3. The van der Waals surface area contributed by atoms with E-state index in [1.165, 1.54) is 27.1 Å². The van der Waals surface area contributed by atoms with Crippen LogP contribution in [0, 0.1) is 20.8 Å². The summed E-state index contributed by atoms with van der Waals surface area (Å²) in [5.41, 5.74) is 4.91. The summed E-state index contributed by atoms with van der Waals surface area (Å²) >= 11 is 7.88. The van der Waals surface area contributed by atoms with Crippen LogP contribution in [-0.4, -0.2) is 23.1 Å². The van der Waals surface area contributed by atoms with Gasteiger partial charge in [-0.05, 0) is 49.1 Å². The Morgan fingerprint density at radius 2 is 1.77 bits per heavy atom. The van der Waals surface area contributed by atoms with Crippen LogP contribution in [0.5, 0.6) is 0 Å². The van der Waals surface area contributed by atoms with Crippen LogP contribution >= 0.6 is 22.9 Å². The highest BCUT2D eigenvalue weighted by Gasteiger charge is 2.21. The Balaban J connectivity index is 2.33. The molecule has 0 saturated heterocycles. The molecule has 0 N–H and O–H groups in total. The maximum atomic E-state index is 6.23. The molecule has 0 unspecified atom stereocenters. The number of thiophene rings is 1. The lowest BCUT2D eigenvalue weighted by atomic mass is 9.99. The van der Waals surface area contributed by atoms with Crippen LogP contribution in [0.25, 0.3) is 21.3 Å². The zero-order valence-electron chi connectivity index (χ0n) is 15.3. The highest BCUT2D eigenvalue weighted by Crippen LogP contribution is 2.42. The average molecular weight is 384 g/mol. The average Bonchev–Trinajstić information content (AvgIpc) is 2.92. The topological polar surface area (TPSA) is 29.0 Å². The van der Waals surface area contributed by atoms with Crippen molar-refractivity contribution in [3.05, 3.63) is 64.8 Å². The van der Waals surface area contributed by atoms with Gasteiger partial charge in [-0.25, -0.2) is 4.98 Å². The van der Waals surface area contributed by atoms with Crippen molar-refractivity contribution in [2.24, 2.45) is 0 Å². The highest BCUT2D eigenvalue weighted by molar-refractivity contribution is 7.19. The maximum absolute atomic E-state index is 6.23. The van der Waals surface area contributed by atoms with Gasteiger partial charge in [0.15, 0.2) is 0 Å². The third-order valence-corrected chi connectivity index (χ3v) is 5.64. The number of aromatic nitrogens is 2. The number of fused-ring (bicyclic) bond motifs is 1. The number of aryl methyl sites for hydroxylation is 3. The third kappa shape index (κ3) is 3.39. The Morgan fingerprint density at radius 3 is 2.38 bits per heavy atom. The highest BCUT2D eigenvalue weighted by atomic mass is 35.5. The summed E-state index contributed by atoms with van der Waals surface area (Å²) in [6.45, 7) is 15.5. The fourth-order valence-electron chi connectivity index (χ4n) is 3.10. The molecule has 2 heterocycles. The van der Waals surface area contributed by atoms with Crippen LogP contribution in [0.15, 0.2) is 43.5 Å². The van der Waals surface area contributed by atoms with Crippen molar-refractivity contribution in [3.63, 3.8) is 0 Å². The minimum Gasteiger partial charge on any atom is -0.348 e. The summed E-state index contributed by atoms with van der Waals surface area (Å²) in [6.07, 6.45) is 3.72. The molecule has 26 heavy (non-hydrogen) atoms. The summed E-state index contributed by atoms with van der Waals surface area (Å²) in [7, 11) is 0. The molecular weight excluding hydrogens is 362 g/mol. The van der Waals surface area contributed by atoms with Crippen molar-refractivity contribution in [2.45, 2.75) is 20.8 Å². The fourth-order valence-corrected chi connectivity index (χ4v) is 4.35. The Morgan fingerprint density at radius 1 is 1.08 bits per heavy atom. The molecule has 0 fully saturated rings. The van der Waals surface area contributed by atoms with Crippen molar-refractivity contribution in [1.82, 2.24) is 9.97 Å². The molecule has 0 aliphatic heterocycles. The first-order valence-corrected chi connectivity index (χ1v) is 9.66. The molecule has 0 aliphatic rings. The molecule has 3 rings (SSSR count). The van der Waals surface area contributed by atoms with Crippen LogP contribution < -0.4 is 4.90 Å². The van der Waals surface area contributed by atoms with Gasteiger partial charge in [0.1, 0.15) is 10.6 Å². The van der Waals surface area contributed by atoms with E-state index < -0.39 is 0 Å². The zero-order valence-corrected chi connectivity index (χ0v) is 16.9. The van der Waals surface area contributed by atoms with Gasteiger partial charge in [0.05, 0.1) is 5.39 Å². The minimum atomic E-state index is 0.263. The van der Waals surface area contributed by atoms with Gasteiger partial charge < -0.3 is 4.90 Å². The van der Waals surface area contributed by atoms with Crippen LogP contribution in [0.4, 0.5) is 5.82 Å². The van der Waals surface area contributed by atoms with Gasteiger partial charge >= 0.3 is 0 Å². The number of halogens is 1. The summed E-state index contributed by atoms with van der Waals surface area (Å²) in [5, 5.41) is 1.31. The van der Waals surface area contributed by atoms with Crippen molar-refractivity contribution in [3.8, 4) is 11.1 Å². The molecule has 0 saturated carbocycles. The van der Waals surface area contributed by atoms with Gasteiger partial charge in [-0.1, -0.05) is 30.4 Å². The second kappa shape index (κ2) is 7.60. The predicted octanol–water partition coefficient (Wildman–Crippen LogP) is 6.12. The first kappa shape index (κ1) is 18.6. The summed E-state index contributed by atoms with van der Waals surface area (Å²) in [5.74, 6) is 0.831. The Hall–Kier alpha value is -2.17. The predicted molar refractivity (Wildman–Crippen MR) is 115 cm³/mol. The second-order valence-corrected chi connectivity index (χ2v) is 7.85. The van der Waals surface area contributed by atoms with E-state index in [9.17, 15) is 0 Å². The standard InChI is InChI=1S/C21H22ClN3S/c1-6-10-25(11-7-2)19-18-17(16-9-8-13(3)14(4)12-16)15(5)26-20(18)24-21(22)23-19/h6-9,12H,1-2,10-11H2,3-5H3. The van der Waals surface area contributed by atoms with Gasteiger partial charge in [0.25, 0.3) is 0 Å². The number of benzene rings is 1. The van der Waals surface area contributed by atoms with Crippen LogP contribution in [0.2, 0.25) is 5.28 Å². The molecule has 0 bridgehead atoms. The van der Waals surface area contributed by atoms with Crippen molar-refractivity contribution < 1.29 is 0 Å². The Labute approximate surface area is 163 Å². The van der Waals surface area contributed by atoms with E-state index >= 15 is 0 Å². The molecule has 5 heteroatoms. The van der Waals surface area contributed by atoms with E-state index in [0.29, 0.717) is 13.1 Å². The normalized spacial score (nSPS) is 10.9. The van der Waals surface area contributed by atoms with Gasteiger partial charge in [-0.3, -0.25) is 0 Å². The molecule has 0 aliphatic carbocycles. The molecule has 0 atom stereocenters. The fraction of sp³-hybridized carbons (Fsp3) is 0.238. The van der Waals surface area contributed by atoms with Crippen LogP contribution in [0.3, 0.4) is 0 Å². The summed E-state index contributed by atoms with van der Waals surface area (Å²) in [4.78, 5) is 13.3. The minimum absolute atomic E-state index is 0.263. The Kier molecular flexibility index (Phi) is 5.44. The van der Waals surface area contributed by atoms with Crippen molar-refractivity contribution in [2.75, 3.05) is 18.0 Å². The van der Waals surface area contributed by atoms with Crippen LogP contribution in [0.1, 0.15) is 16.0 Å². The molecule has 1 aromatic carbocycles. The van der Waals surface area contributed by atoms with Crippen molar-refractivity contribution in [1.29, 1.82) is 0 Å². The number of hydrogen-bond acceptors (Lipinski definition) is 4. The quantitative estimate of drug-likeness (QED) is 0.379. The SMILES string of the molecule is C=CCN(CC=C)c1nc(Cl)nc2sc(C)c(-c3ccc(C)c(C)c3)c12. The first-order chi connectivity index (χ1) is 12.5. The van der Waals surface area contributed by atoms with Gasteiger partial charge in [0, 0.05) is 23.5 Å². The zero-order chi connectivity index (χ0) is 18.8. The summed E-state index contributed by atoms with van der Waals surface area (Å²) < 4.78 is 0. The van der Waals surface area contributed by atoms with Gasteiger partial charge in [-0.2, -0.15) is 4.98 Å². The van der Waals surface area contributed by atoms with Crippen molar-refractivity contribution >= 4 is 39.0 Å². The third-order valence-electron chi connectivity index (χ3n) is 4.48. The smallest absolute Gasteiger partial charge is 0.225 e.